The van der Waals surface area contributed by atoms with E-state index >= 15 is 0 Å². The molecule has 1 aliphatic rings. The number of ether oxygens (including phenoxy) is 2. The standard InChI is InChI=1S/C12H22O11/c13-1-4(16)7(18)11(5(17)2-14)23-12-10(21)9(20)8(19)6(3-15)22-12/h1,4-12,14-21H,2-3H2/t4-,5+,6+,7+,8-,9-,10+,11-,12+/m0/s1/i2D2,3D2. The number of aliphatic hydroxyl groups is 8. The molecule has 1 fully saturated rings. The number of rotatable bonds is 8. The predicted octanol–water partition coefficient (Wildman–Crippen LogP) is -5.55. The zero-order valence-corrected chi connectivity index (χ0v) is 11.6. The van der Waals surface area contributed by atoms with Crippen molar-refractivity contribution in [1.29, 1.82) is 0 Å². The quantitative estimate of drug-likeness (QED) is 0.195. The van der Waals surface area contributed by atoms with Gasteiger partial charge in [0.05, 0.1) is 18.6 Å². The number of carbonyl (C=O) groups is 1. The van der Waals surface area contributed by atoms with Crippen molar-refractivity contribution in [3.8, 4) is 0 Å². The molecule has 0 spiro atoms. The van der Waals surface area contributed by atoms with Crippen molar-refractivity contribution < 1.29 is 60.6 Å². The Kier molecular flexibility index (Phi) is 5.67. The van der Waals surface area contributed by atoms with E-state index < -0.39 is 68.2 Å². The van der Waals surface area contributed by atoms with Gasteiger partial charge in [-0.3, -0.25) is 0 Å². The Balaban J connectivity index is 3.16. The molecule has 23 heavy (non-hydrogen) atoms. The average Bonchev–Trinajstić information content (AvgIpc) is 2.55. The Morgan fingerprint density at radius 1 is 1.13 bits per heavy atom. The Labute approximate surface area is 136 Å². The zero-order valence-electron chi connectivity index (χ0n) is 15.6. The fourth-order valence-electron chi connectivity index (χ4n) is 1.91. The fourth-order valence-corrected chi connectivity index (χ4v) is 1.91. The highest BCUT2D eigenvalue weighted by Gasteiger charge is 2.46. The summed E-state index contributed by atoms with van der Waals surface area (Å²) in [5.41, 5.74) is 0. The topological polar surface area (TPSA) is 197 Å². The van der Waals surface area contributed by atoms with E-state index in [4.69, 9.17) is 15.0 Å². The van der Waals surface area contributed by atoms with Gasteiger partial charge in [0.25, 0.3) is 0 Å². The largest absolute Gasteiger partial charge is 0.394 e. The highest BCUT2D eigenvalue weighted by Crippen LogP contribution is 2.24. The fraction of sp³-hybridized carbons (Fsp3) is 0.917. The molecule has 11 heteroatoms. The van der Waals surface area contributed by atoms with E-state index in [1.807, 2.05) is 0 Å². The lowest BCUT2D eigenvalue weighted by Crippen LogP contribution is -2.61. The van der Waals surface area contributed by atoms with Gasteiger partial charge >= 0.3 is 0 Å². The van der Waals surface area contributed by atoms with E-state index in [1.165, 1.54) is 0 Å². The third-order valence-corrected chi connectivity index (χ3v) is 3.26. The molecule has 0 unspecified atom stereocenters. The Hall–Kier alpha value is -0.730. The number of carbonyl (C=O) groups excluding carboxylic acids is 1. The van der Waals surface area contributed by atoms with Gasteiger partial charge in [-0.2, -0.15) is 0 Å². The molecule has 136 valence electrons. The van der Waals surface area contributed by atoms with Crippen LogP contribution in [0.2, 0.25) is 0 Å². The lowest BCUT2D eigenvalue weighted by molar-refractivity contribution is -0.326. The highest BCUT2D eigenvalue weighted by molar-refractivity contribution is 5.56. The molecule has 0 radical (unpaired) electrons. The molecule has 0 bridgehead atoms. The van der Waals surface area contributed by atoms with Crippen molar-refractivity contribution in [2.45, 2.75) is 55.1 Å². The normalized spacial score (nSPS) is 40.8. The smallest absolute Gasteiger partial charge is 0.187 e. The number of aldehydes is 1. The first-order chi connectivity index (χ1) is 12.1. The molecule has 0 amide bonds. The van der Waals surface area contributed by atoms with Crippen molar-refractivity contribution in [1.82, 2.24) is 0 Å². The summed E-state index contributed by atoms with van der Waals surface area (Å²) < 4.78 is 38.1. The molecular weight excluding hydrogens is 320 g/mol. The van der Waals surface area contributed by atoms with Gasteiger partial charge in [0, 0.05) is 0 Å². The summed E-state index contributed by atoms with van der Waals surface area (Å²) in [6.45, 7) is -6.68. The molecule has 0 aromatic carbocycles. The third kappa shape index (κ3) is 4.64. The zero-order chi connectivity index (χ0) is 21.3. The average molecular weight is 346 g/mol. The number of hydrogen-bond donors (Lipinski definition) is 8. The summed E-state index contributed by atoms with van der Waals surface area (Å²) in [6, 6.07) is 0. The minimum atomic E-state index is -3.43. The van der Waals surface area contributed by atoms with E-state index in [9.17, 15) is 45.6 Å². The van der Waals surface area contributed by atoms with Crippen molar-refractivity contribution in [2.75, 3.05) is 13.1 Å². The molecule has 1 saturated heterocycles. The molecule has 0 aromatic heterocycles. The Bertz CT molecular complexity index is 499. The Morgan fingerprint density at radius 2 is 1.74 bits per heavy atom. The van der Waals surface area contributed by atoms with Crippen LogP contribution in [0.1, 0.15) is 5.48 Å². The van der Waals surface area contributed by atoms with Crippen LogP contribution in [0, 0.1) is 0 Å². The van der Waals surface area contributed by atoms with Crippen LogP contribution in [-0.4, -0.2) is 115 Å². The molecule has 0 aliphatic carbocycles. The second kappa shape index (κ2) is 8.94. The maximum Gasteiger partial charge on any atom is 0.187 e. The summed E-state index contributed by atoms with van der Waals surface area (Å²) in [4.78, 5) is 10.6. The molecule has 9 atom stereocenters. The van der Waals surface area contributed by atoms with Crippen LogP contribution in [0.15, 0.2) is 0 Å². The highest BCUT2D eigenvalue weighted by atomic mass is 16.7. The number of aliphatic hydroxyl groups excluding tert-OH is 6. The summed E-state index contributed by atoms with van der Waals surface area (Å²) in [6.07, 6.45) is -20.5. The van der Waals surface area contributed by atoms with Crippen LogP contribution >= 0.6 is 0 Å². The van der Waals surface area contributed by atoms with E-state index in [0.717, 1.165) is 0 Å². The molecule has 1 rings (SSSR count). The van der Waals surface area contributed by atoms with E-state index in [0.29, 0.717) is 0 Å². The van der Waals surface area contributed by atoms with E-state index in [-0.39, 0.29) is 6.29 Å². The van der Waals surface area contributed by atoms with Crippen LogP contribution in [0.25, 0.3) is 0 Å². The minimum absolute atomic E-state index is 0.202. The summed E-state index contributed by atoms with van der Waals surface area (Å²) in [5.74, 6) is 0. The van der Waals surface area contributed by atoms with Crippen molar-refractivity contribution in [3.63, 3.8) is 0 Å². The minimum Gasteiger partial charge on any atom is -0.394 e. The van der Waals surface area contributed by atoms with Crippen molar-refractivity contribution in [2.24, 2.45) is 0 Å². The summed E-state index contributed by atoms with van der Waals surface area (Å²) in [5, 5.41) is 77.0. The summed E-state index contributed by atoms with van der Waals surface area (Å²) >= 11 is 0. The Morgan fingerprint density at radius 3 is 2.22 bits per heavy atom. The molecule has 1 heterocycles. The summed E-state index contributed by atoms with van der Waals surface area (Å²) in [7, 11) is 0. The predicted molar refractivity (Wildman–Crippen MR) is 69.8 cm³/mol. The SMILES string of the molecule is [2H]C([2H])(O)[C@@H](O)[C@H](O[C@H]1O[C@H](C([2H])([2H])O)[C@H](O)[C@H](O)[C@H]1O)[C@H](O)[C@@H](O)C=O. The van der Waals surface area contributed by atoms with Crippen molar-refractivity contribution >= 4 is 6.29 Å². The second-order valence-corrected chi connectivity index (χ2v) is 4.82. The van der Waals surface area contributed by atoms with Crippen LogP contribution in [0.5, 0.6) is 0 Å². The first kappa shape index (κ1) is 14.6. The van der Waals surface area contributed by atoms with Gasteiger partial charge in [-0.25, -0.2) is 0 Å². The molecule has 0 saturated carbocycles. The molecule has 8 N–H and O–H groups in total. The molecular formula is C12H22O11. The lowest BCUT2D eigenvalue weighted by atomic mass is 9.98. The van der Waals surface area contributed by atoms with Crippen LogP contribution in [0.4, 0.5) is 0 Å². The third-order valence-electron chi connectivity index (χ3n) is 3.26. The first-order valence-corrected chi connectivity index (χ1v) is 6.42. The van der Waals surface area contributed by atoms with Crippen LogP contribution in [-0.2, 0) is 14.3 Å². The van der Waals surface area contributed by atoms with Crippen LogP contribution < -0.4 is 0 Å². The maximum atomic E-state index is 10.6. The first-order valence-electron chi connectivity index (χ1n) is 8.42. The number of hydrogen-bond acceptors (Lipinski definition) is 11. The van der Waals surface area contributed by atoms with Gasteiger partial charge in [-0.1, -0.05) is 0 Å². The van der Waals surface area contributed by atoms with Gasteiger partial charge in [0.1, 0.15) is 48.8 Å². The van der Waals surface area contributed by atoms with Gasteiger partial charge in [0.15, 0.2) is 12.6 Å². The van der Waals surface area contributed by atoms with Gasteiger partial charge in [-0.15, -0.1) is 0 Å². The molecule has 11 nitrogen and oxygen atoms in total. The lowest BCUT2D eigenvalue weighted by Gasteiger charge is -2.42. The van der Waals surface area contributed by atoms with Gasteiger partial charge in [0.2, 0.25) is 0 Å². The second-order valence-electron chi connectivity index (χ2n) is 4.82. The van der Waals surface area contributed by atoms with E-state index in [1.54, 1.807) is 0 Å². The van der Waals surface area contributed by atoms with E-state index in [2.05, 4.69) is 0 Å². The van der Waals surface area contributed by atoms with Crippen LogP contribution in [0.3, 0.4) is 0 Å². The molecule has 1 aliphatic heterocycles. The maximum absolute atomic E-state index is 10.6. The van der Waals surface area contributed by atoms with Gasteiger partial charge in [-0.05, 0) is 0 Å². The monoisotopic (exact) mass is 346 g/mol. The van der Waals surface area contributed by atoms with Crippen molar-refractivity contribution in [3.05, 3.63) is 0 Å². The molecule has 0 aromatic rings. The van der Waals surface area contributed by atoms with Gasteiger partial charge < -0.3 is 55.1 Å².